The zero-order chi connectivity index (χ0) is 13.7. The third-order valence-electron chi connectivity index (χ3n) is 2.31. The lowest BCUT2D eigenvalue weighted by Gasteiger charge is -2.13. The first-order valence-corrected chi connectivity index (χ1v) is 7.14. The first-order valence-electron chi connectivity index (χ1n) is 5.42. The quantitative estimate of drug-likeness (QED) is 0.834. The highest BCUT2D eigenvalue weighted by Gasteiger charge is 2.14. The van der Waals surface area contributed by atoms with Crippen LogP contribution in [-0.2, 0) is 10.8 Å². The van der Waals surface area contributed by atoms with E-state index in [4.69, 9.17) is 4.74 Å². The first-order chi connectivity index (χ1) is 8.43. The highest BCUT2D eigenvalue weighted by atomic mass is 32.2. The van der Waals surface area contributed by atoms with E-state index < -0.39 is 16.7 Å². The summed E-state index contributed by atoms with van der Waals surface area (Å²) in [6.45, 7) is 1.76. The van der Waals surface area contributed by atoms with Crippen molar-refractivity contribution in [1.29, 1.82) is 0 Å². The van der Waals surface area contributed by atoms with Crippen LogP contribution in [0, 0.1) is 0 Å². The van der Waals surface area contributed by atoms with E-state index in [0.29, 0.717) is 11.5 Å². The standard InChI is InChI=1S/C12H17NO4S/c1-8(7-18(3)16)13-12(15)10-5-4-9(17-2)6-11(10)14/h4-6,8,14H,7H2,1-3H3,(H,13,15). The normalized spacial score (nSPS) is 13.7. The van der Waals surface area contributed by atoms with E-state index in [1.807, 2.05) is 0 Å². The molecule has 0 aromatic heterocycles. The third-order valence-corrected chi connectivity index (χ3v) is 3.28. The van der Waals surface area contributed by atoms with Crippen molar-refractivity contribution in [3.63, 3.8) is 0 Å². The molecule has 0 saturated heterocycles. The third kappa shape index (κ3) is 4.03. The minimum absolute atomic E-state index is 0.142. The number of amides is 1. The van der Waals surface area contributed by atoms with Gasteiger partial charge in [-0.05, 0) is 19.1 Å². The van der Waals surface area contributed by atoms with Crippen LogP contribution in [0.4, 0.5) is 0 Å². The first kappa shape index (κ1) is 14.5. The van der Waals surface area contributed by atoms with Gasteiger partial charge in [-0.3, -0.25) is 9.00 Å². The largest absolute Gasteiger partial charge is 0.507 e. The molecule has 2 atom stereocenters. The topological polar surface area (TPSA) is 75.6 Å². The molecule has 1 amide bonds. The number of carbonyl (C=O) groups is 1. The number of phenolic OH excluding ortho intramolecular Hbond substituents is 1. The Kier molecular flexibility index (Phi) is 5.15. The summed E-state index contributed by atoms with van der Waals surface area (Å²) in [5.74, 6) is 0.319. The number of hydrogen-bond donors (Lipinski definition) is 2. The van der Waals surface area contributed by atoms with Crippen LogP contribution in [0.15, 0.2) is 18.2 Å². The number of methoxy groups -OCH3 is 1. The number of aromatic hydroxyl groups is 1. The van der Waals surface area contributed by atoms with Crippen LogP contribution in [0.2, 0.25) is 0 Å². The van der Waals surface area contributed by atoms with Gasteiger partial charge in [0.05, 0.1) is 12.7 Å². The van der Waals surface area contributed by atoms with Crippen molar-refractivity contribution in [2.75, 3.05) is 19.1 Å². The highest BCUT2D eigenvalue weighted by Crippen LogP contribution is 2.23. The zero-order valence-corrected chi connectivity index (χ0v) is 11.4. The van der Waals surface area contributed by atoms with Gasteiger partial charge in [0.15, 0.2) is 0 Å². The Morgan fingerprint density at radius 3 is 2.72 bits per heavy atom. The molecule has 0 aliphatic rings. The van der Waals surface area contributed by atoms with Gasteiger partial charge in [-0.25, -0.2) is 0 Å². The van der Waals surface area contributed by atoms with Gasteiger partial charge in [0.25, 0.3) is 5.91 Å². The number of carbonyl (C=O) groups excluding carboxylic acids is 1. The molecule has 0 aliphatic heterocycles. The average molecular weight is 271 g/mol. The van der Waals surface area contributed by atoms with Gasteiger partial charge in [-0.1, -0.05) is 0 Å². The van der Waals surface area contributed by atoms with Gasteiger partial charge in [0, 0.05) is 34.9 Å². The molecule has 6 heteroatoms. The lowest BCUT2D eigenvalue weighted by molar-refractivity contribution is 0.0941. The SMILES string of the molecule is COc1ccc(C(=O)NC(C)CS(C)=O)c(O)c1. The van der Waals surface area contributed by atoms with Crippen LogP contribution in [0.25, 0.3) is 0 Å². The molecule has 0 saturated carbocycles. The second kappa shape index (κ2) is 6.39. The van der Waals surface area contributed by atoms with Crippen molar-refractivity contribution >= 4 is 16.7 Å². The molecule has 0 spiro atoms. The number of nitrogens with one attached hydrogen (secondary N) is 1. The predicted molar refractivity (Wildman–Crippen MR) is 70.5 cm³/mol. The molecule has 1 aromatic carbocycles. The molecule has 2 N–H and O–H groups in total. The molecule has 2 unspecified atom stereocenters. The van der Waals surface area contributed by atoms with Crippen molar-refractivity contribution < 1.29 is 18.8 Å². The fourth-order valence-electron chi connectivity index (χ4n) is 1.53. The van der Waals surface area contributed by atoms with E-state index in [0.717, 1.165) is 0 Å². The Balaban J connectivity index is 2.75. The monoisotopic (exact) mass is 271 g/mol. The van der Waals surface area contributed by atoms with Crippen LogP contribution in [-0.4, -0.2) is 40.4 Å². The Morgan fingerprint density at radius 1 is 1.56 bits per heavy atom. The summed E-state index contributed by atoms with van der Waals surface area (Å²) < 4.78 is 15.9. The Bertz CT molecular complexity index is 461. The molecule has 0 bridgehead atoms. The lowest BCUT2D eigenvalue weighted by atomic mass is 10.1. The molecule has 1 aromatic rings. The summed E-state index contributed by atoms with van der Waals surface area (Å²) in [5, 5.41) is 12.4. The summed E-state index contributed by atoms with van der Waals surface area (Å²) in [4.78, 5) is 11.8. The average Bonchev–Trinajstić information content (AvgIpc) is 2.27. The predicted octanol–water partition coefficient (Wildman–Crippen LogP) is 0.898. The van der Waals surface area contributed by atoms with E-state index in [-0.39, 0.29) is 17.4 Å². The molecule has 0 radical (unpaired) electrons. The Hall–Kier alpha value is -1.56. The Labute approximate surface area is 109 Å². The molecular weight excluding hydrogens is 254 g/mol. The molecule has 1 rings (SSSR count). The van der Waals surface area contributed by atoms with Crippen LogP contribution in [0.5, 0.6) is 11.5 Å². The maximum absolute atomic E-state index is 11.8. The number of phenols is 1. The fraction of sp³-hybridized carbons (Fsp3) is 0.417. The summed E-state index contributed by atoms with van der Waals surface area (Å²) in [5.41, 5.74) is 0.171. The smallest absolute Gasteiger partial charge is 0.255 e. The molecule has 100 valence electrons. The van der Waals surface area contributed by atoms with Crippen molar-refractivity contribution in [3.8, 4) is 11.5 Å². The van der Waals surface area contributed by atoms with Crippen LogP contribution in [0.3, 0.4) is 0 Å². The molecule has 18 heavy (non-hydrogen) atoms. The van der Waals surface area contributed by atoms with E-state index in [2.05, 4.69) is 5.32 Å². The maximum Gasteiger partial charge on any atom is 0.255 e. The minimum Gasteiger partial charge on any atom is -0.507 e. The molecule has 0 fully saturated rings. The van der Waals surface area contributed by atoms with E-state index in [9.17, 15) is 14.1 Å². The van der Waals surface area contributed by atoms with Gasteiger partial charge in [0.1, 0.15) is 11.5 Å². The minimum atomic E-state index is -0.976. The molecule has 0 heterocycles. The second-order valence-corrected chi connectivity index (χ2v) is 5.48. The van der Waals surface area contributed by atoms with Gasteiger partial charge in [-0.15, -0.1) is 0 Å². The van der Waals surface area contributed by atoms with Crippen LogP contribution >= 0.6 is 0 Å². The number of benzene rings is 1. The van der Waals surface area contributed by atoms with Crippen molar-refractivity contribution in [2.45, 2.75) is 13.0 Å². The Morgan fingerprint density at radius 2 is 2.22 bits per heavy atom. The summed E-state index contributed by atoms with van der Waals surface area (Å²) in [6.07, 6.45) is 1.58. The van der Waals surface area contributed by atoms with E-state index in [1.165, 1.54) is 19.2 Å². The van der Waals surface area contributed by atoms with E-state index >= 15 is 0 Å². The molecule has 5 nitrogen and oxygen atoms in total. The summed E-state index contributed by atoms with van der Waals surface area (Å²) >= 11 is 0. The highest BCUT2D eigenvalue weighted by molar-refractivity contribution is 7.84. The van der Waals surface area contributed by atoms with Crippen LogP contribution < -0.4 is 10.1 Å². The van der Waals surface area contributed by atoms with Crippen molar-refractivity contribution in [3.05, 3.63) is 23.8 Å². The van der Waals surface area contributed by atoms with Crippen molar-refractivity contribution in [2.24, 2.45) is 0 Å². The van der Waals surface area contributed by atoms with Crippen molar-refractivity contribution in [1.82, 2.24) is 5.32 Å². The number of ether oxygens (including phenoxy) is 1. The zero-order valence-electron chi connectivity index (χ0n) is 10.6. The van der Waals surface area contributed by atoms with Gasteiger partial charge >= 0.3 is 0 Å². The molecule has 0 aliphatic carbocycles. The summed E-state index contributed by atoms with van der Waals surface area (Å²) in [6, 6.07) is 4.23. The number of hydrogen-bond acceptors (Lipinski definition) is 4. The molecular formula is C12H17NO4S. The van der Waals surface area contributed by atoms with Gasteiger partial charge in [0.2, 0.25) is 0 Å². The van der Waals surface area contributed by atoms with E-state index in [1.54, 1.807) is 19.2 Å². The lowest BCUT2D eigenvalue weighted by Crippen LogP contribution is -2.36. The fourth-order valence-corrected chi connectivity index (χ4v) is 2.31. The maximum atomic E-state index is 11.8. The van der Waals surface area contributed by atoms with Crippen LogP contribution in [0.1, 0.15) is 17.3 Å². The van der Waals surface area contributed by atoms with Gasteiger partial charge in [-0.2, -0.15) is 0 Å². The van der Waals surface area contributed by atoms with Gasteiger partial charge < -0.3 is 15.2 Å². The number of rotatable bonds is 5. The second-order valence-electron chi connectivity index (χ2n) is 4.00. The summed E-state index contributed by atoms with van der Waals surface area (Å²) in [7, 11) is 0.503.